The van der Waals surface area contributed by atoms with Crippen LogP contribution in [0.5, 0.6) is 0 Å². The molecule has 3 fully saturated rings. The van der Waals surface area contributed by atoms with E-state index in [1.54, 1.807) is 0 Å². The van der Waals surface area contributed by atoms with E-state index in [4.69, 9.17) is 0 Å². The van der Waals surface area contributed by atoms with E-state index < -0.39 is 0 Å². The van der Waals surface area contributed by atoms with Gasteiger partial charge in [-0.05, 0) is 11.8 Å². The van der Waals surface area contributed by atoms with E-state index in [-0.39, 0.29) is 71.5 Å². The van der Waals surface area contributed by atoms with Crippen molar-refractivity contribution in [3.8, 4) is 0 Å². The standard InChI is InChI=1S/C14H12O4/c15-7-3-9(17)13-6-2-1-5(11(7)13)12-8(16)4-10(18)14(6)12/h1-2,5-6,11-14H,3-4H2. The van der Waals surface area contributed by atoms with E-state index in [1.165, 1.54) is 0 Å². The Morgan fingerprint density at radius 2 is 0.889 bits per heavy atom. The predicted octanol–water partition coefficient (Wildman–Crippen LogP) is 0.351. The molecule has 18 heavy (non-hydrogen) atoms. The quantitative estimate of drug-likeness (QED) is 0.455. The van der Waals surface area contributed by atoms with Crippen LogP contribution in [0.1, 0.15) is 12.8 Å². The highest BCUT2D eigenvalue weighted by Crippen LogP contribution is 2.57. The topological polar surface area (TPSA) is 68.3 Å². The van der Waals surface area contributed by atoms with E-state index in [0.29, 0.717) is 0 Å². The zero-order valence-electron chi connectivity index (χ0n) is 9.67. The molecule has 5 rings (SSSR count). The molecule has 4 atom stereocenters. The first-order valence-electron chi connectivity index (χ1n) is 6.39. The number of hydrogen-bond acceptors (Lipinski definition) is 4. The van der Waals surface area contributed by atoms with Crippen molar-refractivity contribution in [2.45, 2.75) is 12.8 Å². The highest BCUT2D eigenvalue weighted by molar-refractivity contribution is 6.14. The molecule has 0 amide bonds. The second-order valence-corrected chi connectivity index (χ2v) is 5.86. The minimum atomic E-state index is -0.330. The van der Waals surface area contributed by atoms with E-state index in [0.717, 1.165) is 0 Å². The zero-order chi connectivity index (χ0) is 12.6. The van der Waals surface area contributed by atoms with Gasteiger partial charge in [0.05, 0.1) is 12.8 Å². The summed E-state index contributed by atoms with van der Waals surface area (Å²) in [6.07, 6.45) is 3.79. The van der Waals surface area contributed by atoms with Crippen molar-refractivity contribution < 1.29 is 19.2 Å². The molecule has 0 spiro atoms. The molecule has 5 aliphatic rings. The molecule has 0 heterocycles. The van der Waals surface area contributed by atoms with Crippen LogP contribution in [0.25, 0.3) is 0 Å². The first-order chi connectivity index (χ1) is 8.59. The molecule has 4 nitrogen and oxygen atoms in total. The molecule has 3 saturated carbocycles. The molecular formula is C14H12O4. The van der Waals surface area contributed by atoms with E-state index >= 15 is 0 Å². The van der Waals surface area contributed by atoms with Crippen molar-refractivity contribution in [1.29, 1.82) is 0 Å². The largest absolute Gasteiger partial charge is 0.299 e. The highest BCUT2D eigenvalue weighted by Gasteiger charge is 2.64. The minimum Gasteiger partial charge on any atom is -0.299 e. The Hall–Kier alpha value is -1.58. The summed E-state index contributed by atoms with van der Waals surface area (Å²) in [5, 5.41) is 0. The van der Waals surface area contributed by atoms with Gasteiger partial charge in [0, 0.05) is 23.7 Å². The molecule has 0 aliphatic heterocycles. The molecule has 0 N–H and O–H groups in total. The average molecular weight is 244 g/mol. The second-order valence-electron chi connectivity index (χ2n) is 5.86. The molecule has 4 heteroatoms. The lowest BCUT2D eigenvalue weighted by Crippen LogP contribution is -2.50. The summed E-state index contributed by atoms with van der Waals surface area (Å²) >= 11 is 0. The fourth-order valence-corrected chi connectivity index (χ4v) is 4.61. The Kier molecular flexibility index (Phi) is 1.75. The van der Waals surface area contributed by atoms with Crippen molar-refractivity contribution in [3.05, 3.63) is 12.2 Å². The fraction of sp³-hybridized carbons (Fsp3) is 0.571. The van der Waals surface area contributed by atoms with Gasteiger partial charge in [0.1, 0.15) is 23.1 Å². The third-order valence-electron chi connectivity index (χ3n) is 5.17. The lowest BCUT2D eigenvalue weighted by Gasteiger charge is -2.46. The van der Waals surface area contributed by atoms with Crippen molar-refractivity contribution in [2.24, 2.45) is 35.5 Å². The van der Waals surface area contributed by atoms with E-state index in [1.807, 2.05) is 12.2 Å². The third kappa shape index (κ3) is 0.982. The smallest absolute Gasteiger partial charge is 0.144 e. The normalized spacial score (nSPS) is 48.9. The van der Waals surface area contributed by atoms with Crippen molar-refractivity contribution in [1.82, 2.24) is 0 Å². The van der Waals surface area contributed by atoms with E-state index in [2.05, 4.69) is 0 Å². The van der Waals surface area contributed by atoms with Crippen LogP contribution in [0.4, 0.5) is 0 Å². The number of allylic oxidation sites excluding steroid dienone is 2. The molecule has 2 bridgehead atoms. The number of Topliss-reactive ketones (excluding diaryl/α,β-unsaturated/α-hetero) is 4. The maximum Gasteiger partial charge on any atom is 0.144 e. The van der Waals surface area contributed by atoms with Crippen molar-refractivity contribution in [2.75, 3.05) is 0 Å². The monoisotopic (exact) mass is 244 g/mol. The van der Waals surface area contributed by atoms with Crippen LogP contribution in [-0.2, 0) is 19.2 Å². The van der Waals surface area contributed by atoms with Crippen LogP contribution in [0.2, 0.25) is 0 Å². The zero-order valence-corrected chi connectivity index (χ0v) is 9.67. The summed E-state index contributed by atoms with van der Waals surface area (Å²) in [6, 6.07) is 0. The Labute approximate surface area is 103 Å². The van der Waals surface area contributed by atoms with Crippen LogP contribution < -0.4 is 0 Å². The van der Waals surface area contributed by atoms with Crippen molar-refractivity contribution >= 4 is 23.1 Å². The first kappa shape index (κ1) is 10.4. The Bertz CT molecular complexity index is 456. The van der Waals surface area contributed by atoms with Gasteiger partial charge in [-0.1, -0.05) is 12.2 Å². The number of rotatable bonds is 0. The molecule has 92 valence electrons. The molecule has 0 radical (unpaired) electrons. The molecule has 5 aliphatic carbocycles. The van der Waals surface area contributed by atoms with Gasteiger partial charge in [0.15, 0.2) is 0 Å². The van der Waals surface area contributed by atoms with Crippen LogP contribution in [0.15, 0.2) is 12.2 Å². The highest BCUT2D eigenvalue weighted by atomic mass is 16.2. The van der Waals surface area contributed by atoms with Gasteiger partial charge < -0.3 is 0 Å². The summed E-state index contributed by atoms with van der Waals surface area (Å²) in [7, 11) is 0. The maximum atomic E-state index is 11.9. The van der Waals surface area contributed by atoms with Gasteiger partial charge in [-0.2, -0.15) is 0 Å². The molecule has 0 aromatic rings. The summed E-state index contributed by atoms with van der Waals surface area (Å²) in [5.74, 6) is -1.86. The first-order valence-corrected chi connectivity index (χ1v) is 6.39. The summed E-state index contributed by atoms with van der Waals surface area (Å²) < 4.78 is 0. The van der Waals surface area contributed by atoms with Crippen LogP contribution >= 0.6 is 0 Å². The van der Waals surface area contributed by atoms with Crippen LogP contribution in [0, 0.1) is 35.5 Å². The van der Waals surface area contributed by atoms with Crippen molar-refractivity contribution in [3.63, 3.8) is 0 Å². The van der Waals surface area contributed by atoms with Crippen LogP contribution in [0.3, 0.4) is 0 Å². The van der Waals surface area contributed by atoms with Gasteiger partial charge in [-0.3, -0.25) is 19.2 Å². The van der Waals surface area contributed by atoms with E-state index in [9.17, 15) is 19.2 Å². The number of carbonyl (C=O) groups is 4. The van der Waals surface area contributed by atoms with Gasteiger partial charge in [0.2, 0.25) is 0 Å². The summed E-state index contributed by atoms with van der Waals surface area (Å²) in [6.45, 7) is 0. The molecule has 0 saturated heterocycles. The summed E-state index contributed by atoms with van der Waals surface area (Å²) in [4.78, 5) is 47.7. The number of carbonyl (C=O) groups excluding carboxylic acids is 4. The third-order valence-corrected chi connectivity index (χ3v) is 5.17. The van der Waals surface area contributed by atoms with Crippen LogP contribution in [-0.4, -0.2) is 23.1 Å². The van der Waals surface area contributed by atoms with Gasteiger partial charge in [-0.25, -0.2) is 0 Å². The van der Waals surface area contributed by atoms with Gasteiger partial charge in [-0.15, -0.1) is 0 Å². The maximum absolute atomic E-state index is 11.9. The molecule has 0 aromatic carbocycles. The SMILES string of the molecule is O=C1CC(=O)C2C3C=CC(C12)C1C(=O)CC(=O)C31. The Morgan fingerprint density at radius 1 is 0.611 bits per heavy atom. The fourth-order valence-electron chi connectivity index (χ4n) is 4.61. The molecular weight excluding hydrogens is 232 g/mol. The number of hydrogen-bond donors (Lipinski definition) is 0. The second kappa shape index (κ2) is 3.05. The number of ketones is 4. The summed E-state index contributed by atoms with van der Waals surface area (Å²) in [5.41, 5.74) is 0. The van der Waals surface area contributed by atoms with Gasteiger partial charge in [0.25, 0.3) is 0 Å². The molecule has 4 unspecified atom stereocenters. The Morgan fingerprint density at radius 3 is 1.17 bits per heavy atom. The molecule has 0 aromatic heterocycles. The Balaban J connectivity index is 1.88. The average Bonchev–Trinajstić information content (AvgIpc) is 2.81. The minimum absolute atomic E-state index is 0.00810. The predicted molar refractivity (Wildman–Crippen MR) is 59.3 cm³/mol. The lowest BCUT2D eigenvalue weighted by atomic mass is 9.54. The van der Waals surface area contributed by atoms with Gasteiger partial charge >= 0.3 is 0 Å². The lowest BCUT2D eigenvalue weighted by molar-refractivity contribution is -0.137.